The molecule has 0 aliphatic carbocycles. The summed E-state index contributed by atoms with van der Waals surface area (Å²) in [4.78, 5) is 16.8. The zero-order chi connectivity index (χ0) is 22.3. The molecule has 0 saturated heterocycles. The predicted molar refractivity (Wildman–Crippen MR) is 123 cm³/mol. The summed E-state index contributed by atoms with van der Waals surface area (Å²) < 4.78 is 10.9. The summed E-state index contributed by atoms with van der Waals surface area (Å²) in [7, 11) is 3.24. The molecule has 6 heteroatoms. The smallest absolute Gasteiger partial charge is 0.248 e. The van der Waals surface area contributed by atoms with E-state index in [1.54, 1.807) is 14.2 Å². The van der Waals surface area contributed by atoms with Crippen LogP contribution in [0.2, 0.25) is 0 Å². The molecule has 1 heterocycles. The molecule has 0 spiro atoms. The Morgan fingerprint density at radius 2 is 1.90 bits per heavy atom. The number of allylic oxidation sites excluding steroid dienone is 3. The molecule has 160 valence electrons. The van der Waals surface area contributed by atoms with E-state index in [1.165, 1.54) is 0 Å². The largest absolute Gasteiger partial charge is 0.496 e. The van der Waals surface area contributed by atoms with E-state index in [9.17, 15) is 4.79 Å². The van der Waals surface area contributed by atoms with Crippen LogP contribution in [0.1, 0.15) is 38.3 Å². The molecule has 0 fully saturated rings. The van der Waals surface area contributed by atoms with Gasteiger partial charge in [-0.3, -0.25) is 4.79 Å². The van der Waals surface area contributed by atoms with Gasteiger partial charge >= 0.3 is 0 Å². The quantitative estimate of drug-likeness (QED) is 0.629. The molecule has 0 unspecified atom stereocenters. The highest BCUT2D eigenvalue weighted by molar-refractivity contribution is 6.10. The standard InChI is InChI=1S/C24H31N3O3/c1-8-10-21(19(9-2)27-20-11-12-25-24(28)16(20)4)26-17(5)18-13-15(3)22(29-6)14-23(18)30-7/h8-10,13-14,27H,5,11-12H2,1-4,6-7H3,(H,25,28)/b10-8-,19-9-,26-21?. The van der Waals surface area contributed by atoms with Crippen LogP contribution in [0.4, 0.5) is 0 Å². The molecule has 0 radical (unpaired) electrons. The zero-order valence-corrected chi connectivity index (χ0v) is 18.7. The van der Waals surface area contributed by atoms with Crippen molar-refractivity contribution in [3.63, 3.8) is 0 Å². The molecule has 1 aliphatic heterocycles. The molecule has 1 aromatic rings. The van der Waals surface area contributed by atoms with E-state index in [2.05, 4.69) is 17.2 Å². The maximum atomic E-state index is 12.0. The van der Waals surface area contributed by atoms with Crippen LogP contribution >= 0.6 is 0 Å². The summed E-state index contributed by atoms with van der Waals surface area (Å²) in [5.41, 5.74) is 5.43. The van der Waals surface area contributed by atoms with Crippen LogP contribution < -0.4 is 20.1 Å². The van der Waals surface area contributed by atoms with Gasteiger partial charge in [-0.15, -0.1) is 0 Å². The van der Waals surface area contributed by atoms with Gasteiger partial charge in [0.1, 0.15) is 11.5 Å². The van der Waals surface area contributed by atoms with Gasteiger partial charge in [0.25, 0.3) is 0 Å². The van der Waals surface area contributed by atoms with E-state index >= 15 is 0 Å². The van der Waals surface area contributed by atoms with Crippen LogP contribution in [0, 0.1) is 6.92 Å². The molecule has 0 atom stereocenters. The lowest BCUT2D eigenvalue weighted by molar-refractivity contribution is -0.117. The number of ether oxygens (including phenoxy) is 2. The van der Waals surface area contributed by atoms with Gasteiger partial charge in [0, 0.05) is 35.9 Å². The fraction of sp³-hybridized carbons (Fsp3) is 0.333. The first-order valence-electron chi connectivity index (χ1n) is 9.91. The van der Waals surface area contributed by atoms with Gasteiger partial charge in [0.2, 0.25) is 5.91 Å². The number of nitrogens with one attached hydrogen (secondary N) is 2. The second-order valence-corrected chi connectivity index (χ2v) is 6.90. The van der Waals surface area contributed by atoms with Crippen molar-refractivity contribution >= 4 is 17.3 Å². The van der Waals surface area contributed by atoms with Gasteiger partial charge in [-0.25, -0.2) is 4.99 Å². The highest BCUT2D eigenvalue weighted by Gasteiger charge is 2.18. The fourth-order valence-corrected chi connectivity index (χ4v) is 3.20. The molecule has 1 aromatic carbocycles. The van der Waals surface area contributed by atoms with E-state index in [1.807, 2.05) is 58.1 Å². The van der Waals surface area contributed by atoms with Gasteiger partial charge in [0.05, 0.1) is 31.3 Å². The number of aliphatic imine (C=N–C) groups is 1. The minimum atomic E-state index is -0.0495. The Labute approximate surface area is 179 Å². The van der Waals surface area contributed by atoms with Crippen molar-refractivity contribution in [3.8, 4) is 11.5 Å². The second-order valence-electron chi connectivity index (χ2n) is 6.90. The van der Waals surface area contributed by atoms with Gasteiger partial charge in [-0.1, -0.05) is 18.7 Å². The van der Waals surface area contributed by atoms with Crippen LogP contribution in [-0.2, 0) is 4.79 Å². The minimum absolute atomic E-state index is 0.0495. The number of carbonyl (C=O) groups excluding carboxylic acids is 1. The Hall–Kier alpha value is -3.28. The summed E-state index contributed by atoms with van der Waals surface area (Å²) in [5.74, 6) is 1.34. The molecule has 2 rings (SSSR count). The Kier molecular flexibility index (Phi) is 8.04. The molecule has 0 bridgehead atoms. The van der Waals surface area contributed by atoms with E-state index < -0.39 is 0 Å². The third kappa shape index (κ3) is 5.20. The van der Waals surface area contributed by atoms with E-state index in [-0.39, 0.29) is 5.91 Å². The van der Waals surface area contributed by atoms with Crippen LogP contribution in [-0.4, -0.2) is 32.4 Å². The van der Waals surface area contributed by atoms with E-state index in [0.29, 0.717) is 29.3 Å². The van der Waals surface area contributed by atoms with Crippen LogP contribution in [0.15, 0.2) is 58.9 Å². The Balaban J connectivity index is 2.44. The zero-order valence-electron chi connectivity index (χ0n) is 18.7. The summed E-state index contributed by atoms with van der Waals surface area (Å²) in [6, 6.07) is 3.79. The average molecular weight is 410 g/mol. The summed E-state index contributed by atoms with van der Waals surface area (Å²) in [6.45, 7) is 12.4. The first kappa shape index (κ1) is 23.0. The molecule has 30 heavy (non-hydrogen) atoms. The molecule has 6 nitrogen and oxygen atoms in total. The first-order chi connectivity index (χ1) is 14.4. The number of rotatable bonds is 8. The SMILES string of the molecule is C=C(N=C(/C=C\C)/C(=C/C)NC1=C(C)C(=O)NCC1)c1cc(C)c(OC)cc1OC. The molecule has 0 aromatic heterocycles. The molecule has 1 aliphatic rings. The van der Waals surface area contributed by atoms with Crippen molar-refractivity contribution in [2.24, 2.45) is 4.99 Å². The van der Waals surface area contributed by atoms with Gasteiger partial charge in [-0.2, -0.15) is 0 Å². The maximum absolute atomic E-state index is 12.0. The van der Waals surface area contributed by atoms with E-state index in [4.69, 9.17) is 14.5 Å². The molecule has 0 saturated carbocycles. The summed E-state index contributed by atoms with van der Waals surface area (Å²) >= 11 is 0. The lowest BCUT2D eigenvalue weighted by Crippen LogP contribution is -2.35. The van der Waals surface area contributed by atoms with Crippen molar-refractivity contribution in [2.75, 3.05) is 20.8 Å². The van der Waals surface area contributed by atoms with Crippen molar-refractivity contribution in [2.45, 2.75) is 34.1 Å². The van der Waals surface area contributed by atoms with Crippen molar-refractivity contribution in [1.82, 2.24) is 10.6 Å². The number of nitrogens with zero attached hydrogens (tertiary/aromatic N) is 1. The number of methoxy groups -OCH3 is 2. The van der Waals surface area contributed by atoms with Gasteiger partial charge < -0.3 is 20.1 Å². The number of hydrogen-bond acceptors (Lipinski definition) is 5. The summed E-state index contributed by atoms with van der Waals surface area (Å²) in [5, 5.41) is 6.24. The van der Waals surface area contributed by atoms with Crippen LogP contribution in [0.25, 0.3) is 5.70 Å². The number of aryl methyl sites for hydroxylation is 1. The third-order valence-corrected chi connectivity index (χ3v) is 4.91. The van der Waals surface area contributed by atoms with Gasteiger partial charge in [0.15, 0.2) is 0 Å². The first-order valence-corrected chi connectivity index (χ1v) is 9.91. The Morgan fingerprint density at radius 3 is 2.50 bits per heavy atom. The second kappa shape index (κ2) is 10.5. The maximum Gasteiger partial charge on any atom is 0.248 e. The Morgan fingerprint density at radius 1 is 1.20 bits per heavy atom. The predicted octanol–water partition coefficient (Wildman–Crippen LogP) is 4.29. The van der Waals surface area contributed by atoms with Crippen molar-refractivity contribution in [3.05, 3.63) is 65.0 Å². The van der Waals surface area contributed by atoms with Crippen LogP contribution in [0.3, 0.4) is 0 Å². The van der Waals surface area contributed by atoms with Gasteiger partial charge in [-0.05, 0) is 45.4 Å². The number of amides is 1. The highest BCUT2D eigenvalue weighted by atomic mass is 16.5. The lowest BCUT2D eigenvalue weighted by atomic mass is 10.1. The molecule has 1 amide bonds. The number of hydrogen-bond donors (Lipinski definition) is 2. The van der Waals surface area contributed by atoms with Crippen LogP contribution in [0.5, 0.6) is 11.5 Å². The third-order valence-electron chi connectivity index (χ3n) is 4.91. The van der Waals surface area contributed by atoms with E-state index in [0.717, 1.165) is 34.7 Å². The fourth-order valence-electron chi connectivity index (χ4n) is 3.20. The lowest BCUT2D eigenvalue weighted by Gasteiger charge is -2.21. The number of carbonyl (C=O) groups is 1. The number of benzene rings is 1. The normalized spacial score (nSPS) is 15.3. The van der Waals surface area contributed by atoms with Crippen molar-refractivity contribution < 1.29 is 14.3 Å². The van der Waals surface area contributed by atoms with Crippen molar-refractivity contribution in [1.29, 1.82) is 0 Å². The molecular weight excluding hydrogens is 378 g/mol. The highest BCUT2D eigenvalue weighted by Crippen LogP contribution is 2.33. The monoisotopic (exact) mass is 409 g/mol. The minimum Gasteiger partial charge on any atom is -0.496 e. The molecule has 2 N–H and O–H groups in total. The Bertz CT molecular complexity index is 953. The average Bonchev–Trinajstić information content (AvgIpc) is 2.74. The topological polar surface area (TPSA) is 72.0 Å². The molecular formula is C24H31N3O3. The summed E-state index contributed by atoms with van der Waals surface area (Å²) in [6.07, 6.45) is 6.51.